The summed E-state index contributed by atoms with van der Waals surface area (Å²) in [4.78, 5) is 35.3. The monoisotopic (exact) mass is 400 g/mol. The molecule has 0 N–H and O–H groups in total. The molecule has 0 atom stereocenters. The van der Waals surface area contributed by atoms with E-state index in [0.717, 1.165) is 59.9 Å². The first-order chi connectivity index (χ1) is 13.6. The second-order valence-corrected chi connectivity index (χ2v) is 8.86. The molecule has 2 aromatic rings. The predicted molar refractivity (Wildman–Crippen MR) is 108 cm³/mol. The first-order valence-corrected chi connectivity index (χ1v) is 10.7. The van der Waals surface area contributed by atoms with Gasteiger partial charge in [-0.25, -0.2) is 9.78 Å². The Kier molecular flexibility index (Phi) is 4.19. The number of carbonyl (C=O) groups excluding carboxylic acids is 2. The maximum absolute atomic E-state index is 12.7. The molecule has 8 heteroatoms. The van der Waals surface area contributed by atoms with Crippen LogP contribution in [0.5, 0.6) is 5.75 Å². The third kappa shape index (κ3) is 2.82. The Hall–Kier alpha value is -2.35. The van der Waals surface area contributed by atoms with Gasteiger partial charge in [0, 0.05) is 25.2 Å². The van der Waals surface area contributed by atoms with Crippen molar-refractivity contribution in [1.29, 1.82) is 0 Å². The van der Waals surface area contributed by atoms with Gasteiger partial charge in [0.05, 0.1) is 11.8 Å². The third-order valence-corrected chi connectivity index (χ3v) is 7.28. The summed E-state index contributed by atoms with van der Waals surface area (Å²) in [7, 11) is 1.67. The van der Waals surface area contributed by atoms with E-state index in [-0.39, 0.29) is 30.6 Å². The number of nitrogens with zero attached hydrogens (tertiary/aromatic N) is 4. The Morgan fingerprint density at radius 3 is 2.54 bits per heavy atom. The van der Waals surface area contributed by atoms with Crippen LogP contribution in [0.3, 0.4) is 0 Å². The standard InChI is InChI=1S/C20H24N4O3S/c1-12-3-6-15(27-2)17-18(12)28-19(21-17)22-9-7-13(8-10-22)23-11-16(25)24(20(23)26)14-4-5-14/h3,6,13-14H,4-5,7-11H2,1-2H3. The maximum atomic E-state index is 12.7. The third-order valence-electron chi connectivity index (χ3n) is 6.03. The van der Waals surface area contributed by atoms with E-state index in [4.69, 9.17) is 9.72 Å². The van der Waals surface area contributed by atoms with Crippen LogP contribution in [0, 0.1) is 6.92 Å². The highest BCUT2D eigenvalue weighted by atomic mass is 32.1. The fraction of sp³-hybridized carbons (Fsp3) is 0.550. The fourth-order valence-corrected chi connectivity index (χ4v) is 5.38. The topological polar surface area (TPSA) is 66.0 Å². The number of imide groups is 1. The minimum absolute atomic E-state index is 0.0244. The van der Waals surface area contributed by atoms with E-state index in [0.29, 0.717) is 0 Å². The smallest absolute Gasteiger partial charge is 0.327 e. The Labute approximate surface area is 167 Å². The Bertz CT molecular complexity index is 946. The van der Waals surface area contributed by atoms with Crippen molar-refractivity contribution in [3.05, 3.63) is 17.7 Å². The zero-order chi connectivity index (χ0) is 19.4. The second-order valence-electron chi connectivity index (χ2n) is 7.88. The van der Waals surface area contributed by atoms with Gasteiger partial charge in [0.15, 0.2) is 5.13 Å². The number of aromatic nitrogens is 1. The number of benzene rings is 1. The number of hydrogen-bond acceptors (Lipinski definition) is 6. The van der Waals surface area contributed by atoms with Gasteiger partial charge in [-0.15, -0.1) is 0 Å². The van der Waals surface area contributed by atoms with Crippen molar-refractivity contribution >= 4 is 38.6 Å². The van der Waals surface area contributed by atoms with Crippen LogP contribution in [-0.4, -0.2) is 65.5 Å². The number of aryl methyl sites for hydroxylation is 1. The highest BCUT2D eigenvalue weighted by Gasteiger charge is 2.47. The van der Waals surface area contributed by atoms with E-state index in [1.54, 1.807) is 23.3 Å². The molecule has 1 saturated carbocycles. The first kappa shape index (κ1) is 17.7. The SMILES string of the molecule is COc1ccc(C)c2sc(N3CCC(N4CC(=O)N(C5CC5)C4=O)CC3)nc12. The van der Waals surface area contributed by atoms with Gasteiger partial charge < -0.3 is 14.5 Å². The normalized spacial score (nSPS) is 21.3. The lowest BCUT2D eigenvalue weighted by atomic mass is 10.0. The van der Waals surface area contributed by atoms with Crippen LogP contribution < -0.4 is 9.64 Å². The van der Waals surface area contributed by atoms with Crippen molar-refractivity contribution in [2.45, 2.75) is 44.7 Å². The summed E-state index contributed by atoms with van der Waals surface area (Å²) in [6, 6.07) is 4.26. The van der Waals surface area contributed by atoms with Gasteiger partial charge in [-0.05, 0) is 44.2 Å². The van der Waals surface area contributed by atoms with E-state index in [9.17, 15) is 9.59 Å². The number of carbonyl (C=O) groups is 2. The van der Waals surface area contributed by atoms with Crippen LogP contribution in [0.2, 0.25) is 0 Å². The average molecular weight is 401 g/mol. The van der Waals surface area contributed by atoms with Crippen molar-refractivity contribution in [2.24, 2.45) is 0 Å². The fourth-order valence-electron chi connectivity index (χ4n) is 4.28. The molecule has 1 aliphatic carbocycles. The largest absolute Gasteiger partial charge is 0.494 e. The van der Waals surface area contributed by atoms with Gasteiger partial charge in [-0.2, -0.15) is 0 Å². The second kappa shape index (κ2) is 6.62. The van der Waals surface area contributed by atoms with E-state index >= 15 is 0 Å². The van der Waals surface area contributed by atoms with E-state index in [1.807, 2.05) is 6.07 Å². The lowest BCUT2D eigenvalue weighted by molar-refractivity contribution is -0.125. The number of anilines is 1. The summed E-state index contributed by atoms with van der Waals surface area (Å²) < 4.78 is 6.63. The molecule has 0 spiro atoms. The number of ether oxygens (including phenoxy) is 1. The van der Waals surface area contributed by atoms with Gasteiger partial charge in [0.1, 0.15) is 17.8 Å². The molecule has 148 valence electrons. The molecule has 0 bridgehead atoms. The van der Waals surface area contributed by atoms with Crippen LogP contribution in [0.4, 0.5) is 9.93 Å². The molecule has 28 heavy (non-hydrogen) atoms. The number of hydrogen-bond donors (Lipinski definition) is 0. The molecule has 0 radical (unpaired) electrons. The van der Waals surface area contributed by atoms with Gasteiger partial charge in [-0.1, -0.05) is 17.4 Å². The molecule has 3 fully saturated rings. The Morgan fingerprint density at radius 2 is 1.86 bits per heavy atom. The van der Waals surface area contributed by atoms with Gasteiger partial charge in [-0.3, -0.25) is 9.69 Å². The number of urea groups is 1. The van der Waals surface area contributed by atoms with Crippen LogP contribution in [-0.2, 0) is 4.79 Å². The number of amides is 3. The van der Waals surface area contributed by atoms with Gasteiger partial charge in [0.2, 0.25) is 0 Å². The van der Waals surface area contributed by atoms with Gasteiger partial charge in [0.25, 0.3) is 5.91 Å². The zero-order valence-electron chi connectivity index (χ0n) is 16.2. The zero-order valence-corrected chi connectivity index (χ0v) is 17.0. The molecule has 3 aliphatic rings. The highest BCUT2D eigenvalue weighted by Crippen LogP contribution is 2.38. The summed E-state index contributed by atoms with van der Waals surface area (Å²) in [6.45, 7) is 4.02. The summed E-state index contributed by atoms with van der Waals surface area (Å²) in [5.74, 6) is 0.781. The molecule has 7 nitrogen and oxygen atoms in total. The summed E-state index contributed by atoms with van der Waals surface area (Å²) in [6.07, 6.45) is 3.65. The van der Waals surface area contributed by atoms with Gasteiger partial charge >= 0.3 is 6.03 Å². The van der Waals surface area contributed by atoms with Crippen LogP contribution >= 0.6 is 11.3 Å². The van der Waals surface area contributed by atoms with Crippen molar-refractivity contribution in [3.63, 3.8) is 0 Å². The number of piperidine rings is 1. The summed E-state index contributed by atoms with van der Waals surface area (Å²) in [5.41, 5.74) is 2.13. The molecule has 3 amide bonds. The molecule has 1 aromatic carbocycles. The number of methoxy groups -OCH3 is 1. The van der Waals surface area contributed by atoms with E-state index < -0.39 is 0 Å². The summed E-state index contributed by atoms with van der Waals surface area (Å²) in [5, 5.41) is 1.00. The maximum Gasteiger partial charge on any atom is 0.327 e. The van der Waals surface area contributed by atoms with Crippen LogP contribution in [0.15, 0.2) is 12.1 Å². The number of fused-ring (bicyclic) bond motifs is 1. The van der Waals surface area contributed by atoms with Crippen molar-refractivity contribution < 1.29 is 14.3 Å². The van der Waals surface area contributed by atoms with Crippen LogP contribution in [0.25, 0.3) is 10.2 Å². The molecule has 2 aliphatic heterocycles. The highest BCUT2D eigenvalue weighted by molar-refractivity contribution is 7.22. The quantitative estimate of drug-likeness (QED) is 0.738. The average Bonchev–Trinajstić information content (AvgIpc) is 3.34. The van der Waals surface area contributed by atoms with E-state index in [1.165, 1.54) is 10.5 Å². The summed E-state index contributed by atoms with van der Waals surface area (Å²) >= 11 is 1.70. The van der Waals surface area contributed by atoms with E-state index in [2.05, 4.69) is 17.9 Å². The molecule has 1 aromatic heterocycles. The number of thiazole rings is 1. The molecular formula is C20H24N4O3S. The molecule has 3 heterocycles. The molecule has 2 saturated heterocycles. The lowest BCUT2D eigenvalue weighted by Gasteiger charge is -2.36. The number of rotatable bonds is 4. The Morgan fingerprint density at radius 1 is 1.11 bits per heavy atom. The van der Waals surface area contributed by atoms with Crippen molar-refractivity contribution in [3.8, 4) is 5.75 Å². The first-order valence-electron chi connectivity index (χ1n) is 9.88. The van der Waals surface area contributed by atoms with Crippen LogP contribution in [0.1, 0.15) is 31.2 Å². The Balaban J connectivity index is 1.30. The minimum Gasteiger partial charge on any atom is -0.494 e. The van der Waals surface area contributed by atoms with Crippen molar-refractivity contribution in [1.82, 2.24) is 14.8 Å². The molecule has 5 rings (SSSR count). The predicted octanol–water partition coefficient (Wildman–Crippen LogP) is 3.01. The van der Waals surface area contributed by atoms with Crippen molar-refractivity contribution in [2.75, 3.05) is 31.6 Å². The lowest BCUT2D eigenvalue weighted by Crippen LogP contribution is -2.46. The molecule has 0 unspecified atom stereocenters. The molecular weight excluding hydrogens is 376 g/mol. The minimum atomic E-state index is -0.0775.